The zero-order valence-corrected chi connectivity index (χ0v) is 19.0. The minimum absolute atomic E-state index is 0. The predicted octanol–water partition coefficient (Wildman–Crippen LogP) is 3.20. The summed E-state index contributed by atoms with van der Waals surface area (Å²) < 4.78 is 0. The van der Waals surface area contributed by atoms with E-state index < -0.39 is 0 Å². The van der Waals surface area contributed by atoms with E-state index in [2.05, 4.69) is 13.8 Å². The second-order valence-corrected chi connectivity index (χ2v) is 8.34. The molecule has 1 aliphatic rings. The molecule has 2 rings (SSSR count). The molecule has 0 spiro atoms. The monoisotopic (exact) mass is 424 g/mol. The number of rotatable bonds is 7. The Hall–Kier alpha value is -1.79. The van der Waals surface area contributed by atoms with Crippen LogP contribution in [0.3, 0.4) is 0 Å². The van der Waals surface area contributed by atoms with Crippen molar-refractivity contribution in [1.82, 2.24) is 14.7 Å². The van der Waals surface area contributed by atoms with Gasteiger partial charge in [0.25, 0.3) is 0 Å². The van der Waals surface area contributed by atoms with E-state index in [-0.39, 0.29) is 36.3 Å². The molecule has 0 aliphatic carbocycles. The third-order valence-corrected chi connectivity index (χ3v) is 5.73. The van der Waals surface area contributed by atoms with Gasteiger partial charge in [-0.2, -0.15) is 0 Å². The second kappa shape index (κ2) is 12.0. The number of urea groups is 1. The number of hydrogen-bond acceptors (Lipinski definition) is 3. The Balaban J connectivity index is 0.00000420. The maximum atomic E-state index is 12.7. The zero-order valence-electron chi connectivity index (χ0n) is 18.2. The number of halogens is 1. The van der Waals surface area contributed by atoms with Gasteiger partial charge in [-0.25, -0.2) is 4.79 Å². The second-order valence-electron chi connectivity index (χ2n) is 8.34. The Labute approximate surface area is 181 Å². The smallest absolute Gasteiger partial charge is 0.320 e. The van der Waals surface area contributed by atoms with Crippen LogP contribution in [0.5, 0.6) is 0 Å². The van der Waals surface area contributed by atoms with Crippen molar-refractivity contribution in [3.63, 3.8) is 0 Å². The fourth-order valence-electron chi connectivity index (χ4n) is 3.58. The quantitative estimate of drug-likeness (QED) is 0.730. The van der Waals surface area contributed by atoms with E-state index in [4.69, 9.17) is 5.73 Å². The van der Waals surface area contributed by atoms with Crippen molar-refractivity contribution in [3.05, 3.63) is 35.9 Å². The van der Waals surface area contributed by atoms with E-state index in [1.165, 1.54) is 0 Å². The van der Waals surface area contributed by atoms with Crippen LogP contribution in [0, 0.1) is 11.8 Å². The van der Waals surface area contributed by atoms with Gasteiger partial charge < -0.3 is 20.4 Å². The highest BCUT2D eigenvalue weighted by molar-refractivity contribution is 5.85. The molecule has 1 aromatic rings. The number of likely N-dealkylation sites (tertiary alicyclic amines) is 1. The van der Waals surface area contributed by atoms with Gasteiger partial charge in [0.05, 0.1) is 0 Å². The minimum atomic E-state index is 0. The number of piperidine rings is 1. The molecule has 1 fully saturated rings. The van der Waals surface area contributed by atoms with Gasteiger partial charge in [0.15, 0.2) is 0 Å². The number of hydrogen-bond donors (Lipinski definition) is 1. The molecule has 0 bridgehead atoms. The molecule has 1 aliphatic heterocycles. The first-order valence-corrected chi connectivity index (χ1v) is 10.3. The van der Waals surface area contributed by atoms with Crippen LogP contribution in [-0.4, -0.2) is 66.4 Å². The normalized spacial score (nSPS) is 15.6. The molecule has 2 N–H and O–H groups in total. The Morgan fingerprint density at radius 1 is 1.10 bits per heavy atom. The van der Waals surface area contributed by atoms with E-state index in [0.29, 0.717) is 32.1 Å². The van der Waals surface area contributed by atoms with Crippen LogP contribution in [0.4, 0.5) is 4.79 Å². The Morgan fingerprint density at radius 2 is 1.69 bits per heavy atom. The number of amides is 3. The summed E-state index contributed by atoms with van der Waals surface area (Å²) in [5, 5.41) is 0. The average Bonchev–Trinajstić information content (AvgIpc) is 2.71. The van der Waals surface area contributed by atoms with E-state index in [1.807, 2.05) is 54.2 Å². The molecule has 6 nitrogen and oxygen atoms in total. The minimum Gasteiger partial charge on any atom is -0.345 e. The number of carbonyl (C=O) groups excluding carboxylic acids is 2. The van der Waals surface area contributed by atoms with E-state index in [9.17, 15) is 9.59 Å². The number of nitrogens with zero attached hydrogens (tertiary/aromatic N) is 3. The summed E-state index contributed by atoms with van der Waals surface area (Å²) in [6.45, 7) is 6.76. The topological polar surface area (TPSA) is 69.9 Å². The fraction of sp³-hybridized carbons (Fsp3) is 0.636. The lowest BCUT2D eigenvalue weighted by Crippen LogP contribution is -2.47. The van der Waals surface area contributed by atoms with Crippen molar-refractivity contribution in [2.45, 2.75) is 45.7 Å². The largest absolute Gasteiger partial charge is 0.345 e. The first-order valence-electron chi connectivity index (χ1n) is 10.3. The van der Waals surface area contributed by atoms with Crippen LogP contribution < -0.4 is 5.73 Å². The molecule has 1 saturated heterocycles. The summed E-state index contributed by atoms with van der Waals surface area (Å²) in [5.41, 5.74) is 7.21. The summed E-state index contributed by atoms with van der Waals surface area (Å²) in [6, 6.07) is 10.1. The summed E-state index contributed by atoms with van der Waals surface area (Å²) in [5.74, 6) is 0.607. The zero-order chi connectivity index (χ0) is 20.7. The van der Waals surface area contributed by atoms with Crippen LogP contribution in [-0.2, 0) is 11.3 Å². The fourth-order valence-corrected chi connectivity index (χ4v) is 3.58. The maximum Gasteiger partial charge on any atom is 0.320 e. The lowest BCUT2D eigenvalue weighted by molar-refractivity contribution is -0.135. The third-order valence-electron chi connectivity index (χ3n) is 5.73. The first kappa shape index (κ1) is 25.2. The Morgan fingerprint density at radius 3 is 2.24 bits per heavy atom. The maximum absolute atomic E-state index is 12.7. The van der Waals surface area contributed by atoms with Crippen molar-refractivity contribution in [2.24, 2.45) is 17.6 Å². The summed E-state index contributed by atoms with van der Waals surface area (Å²) in [7, 11) is 3.69. The first-order chi connectivity index (χ1) is 13.3. The van der Waals surface area contributed by atoms with Crippen LogP contribution in [0.2, 0.25) is 0 Å². The predicted molar refractivity (Wildman–Crippen MR) is 120 cm³/mol. The lowest BCUT2D eigenvalue weighted by Gasteiger charge is -2.35. The van der Waals surface area contributed by atoms with Crippen molar-refractivity contribution in [2.75, 3.05) is 33.7 Å². The number of nitrogens with two attached hydrogens (primary N) is 1. The van der Waals surface area contributed by atoms with Gasteiger partial charge in [0.1, 0.15) is 0 Å². The molecule has 0 radical (unpaired) electrons. The van der Waals surface area contributed by atoms with Gasteiger partial charge in [0, 0.05) is 52.2 Å². The highest BCUT2D eigenvalue weighted by Gasteiger charge is 2.30. The van der Waals surface area contributed by atoms with Crippen LogP contribution in [0.1, 0.15) is 38.7 Å². The standard InChI is InChI=1S/C22H36N4O2.ClH/c1-17(2)20(23)12-13-24(3)21(27)19-10-14-26(15-11-19)22(28)25(4)16-18-8-6-5-7-9-18;/h5-9,17,19-20H,10-16,23H2,1-4H3;1H. The van der Waals surface area contributed by atoms with E-state index in [1.54, 1.807) is 4.90 Å². The SMILES string of the molecule is CC(C)C(N)CCN(C)C(=O)C1CCN(C(=O)N(C)Cc2ccccc2)CC1.Cl. The average molecular weight is 425 g/mol. The molecule has 0 aromatic heterocycles. The summed E-state index contributed by atoms with van der Waals surface area (Å²) in [6.07, 6.45) is 2.27. The highest BCUT2D eigenvalue weighted by atomic mass is 35.5. The molecule has 7 heteroatoms. The Kier molecular flexibility index (Phi) is 10.5. The highest BCUT2D eigenvalue weighted by Crippen LogP contribution is 2.21. The lowest BCUT2D eigenvalue weighted by atomic mass is 9.95. The molecule has 0 saturated carbocycles. The molecule has 1 atom stereocenters. The summed E-state index contributed by atoms with van der Waals surface area (Å²) >= 11 is 0. The van der Waals surface area contributed by atoms with Gasteiger partial charge >= 0.3 is 6.03 Å². The van der Waals surface area contributed by atoms with Gasteiger partial charge in [-0.05, 0) is 30.7 Å². The molecular formula is C22H37ClN4O2. The van der Waals surface area contributed by atoms with Crippen molar-refractivity contribution in [1.29, 1.82) is 0 Å². The van der Waals surface area contributed by atoms with E-state index in [0.717, 1.165) is 24.8 Å². The molecule has 1 aromatic carbocycles. The molecule has 29 heavy (non-hydrogen) atoms. The molecule has 3 amide bonds. The molecular weight excluding hydrogens is 388 g/mol. The van der Waals surface area contributed by atoms with Crippen LogP contribution >= 0.6 is 12.4 Å². The number of benzene rings is 1. The van der Waals surface area contributed by atoms with Crippen molar-refractivity contribution < 1.29 is 9.59 Å². The van der Waals surface area contributed by atoms with E-state index >= 15 is 0 Å². The third kappa shape index (κ3) is 7.52. The van der Waals surface area contributed by atoms with Gasteiger partial charge in [-0.3, -0.25) is 4.79 Å². The van der Waals surface area contributed by atoms with Gasteiger partial charge in [0.2, 0.25) is 5.91 Å². The van der Waals surface area contributed by atoms with Crippen LogP contribution in [0.25, 0.3) is 0 Å². The van der Waals surface area contributed by atoms with Gasteiger partial charge in [-0.15, -0.1) is 12.4 Å². The van der Waals surface area contributed by atoms with Crippen LogP contribution in [0.15, 0.2) is 30.3 Å². The molecule has 164 valence electrons. The van der Waals surface area contributed by atoms with Crippen molar-refractivity contribution >= 4 is 24.3 Å². The summed E-state index contributed by atoms with van der Waals surface area (Å²) in [4.78, 5) is 30.8. The molecule has 1 unspecified atom stereocenters. The Bertz CT molecular complexity index is 633. The number of carbonyl (C=O) groups is 2. The molecule has 1 heterocycles. The van der Waals surface area contributed by atoms with Crippen molar-refractivity contribution in [3.8, 4) is 0 Å². The van der Waals surface area contributed by atoms with Gasteiger partial charge in [-0.1, -0.05) is 44.2 Å².